The van der Waals surface area contributed by atoms with Crippen molar-refractivity contribution >= 4 is 17.5 Å². The molecule has 3 rings (SSSR count). The number of halogens is 2. The van der Waals surface area contributed by atoms with E-state index in [1.807, 2.05) is 32.0 Å². The summed E-state index contributed by atoms with van der Waals surface area (Å²) in [5, 5.41) is 36.1. The normalized spacial score (nSPS) is 12.4. The van der Waals surface area contributed by atoms with E-state index < -0.39 is 11.9 Å². The van der Waals surface area contributed by atoms with Gasteiger partial charge in [0.2, 0.25) is 0 Å². The van der Waals surface area contributed by atoms with E-state index in [4.69, 9.17) is 11.6 Å². The molecule has 0 heterocycles. The number of phenols is 1. The molecule has 0 unspecified atom stereocenters. The molecule has 1 amide bonds. The van der Waals surface area contributed by atoms with Crippen molar-refractivity contribution in [3.63, 3.8) is 0 Å². The maximum absolute atomic E-state index is 13.9. The summed E-state index contributed by atoms with van der Waals surface area (Å²) < 4.78 is 13.9. The smallest absolute Gasteiger partial charge is 0.251 e. The van der Waals surface area contributed by atoms with Gasteiger partial charge in [-0.05, 0) is 79.8 Å². The van der Waals surface area contributed by atoms with Gasteiger partial charge in [0.15, 0.2) is 0 Å². The van der Waals surface area contributed by atoms with Crippen LogP contribution >= 0.6 is 11.6 Å². The van der Waals surface area contributed by atoms with Gasteiger partial charge < -0.3 is 26.0 Å². The van der Waals surface area contributed by atoms with E-state index in [1.54, 1.807) is 30.3 Å². The maximum Gasteiger partial charge on any atom is 0.251 e. The van der Waals surface area contributed by atoms with Crippen LogP contribution in [0.15, 0.2) is 60.7 Å². The van der Waals surface area contributed by atoms with Crippen molar-refractivity contribution in [1.82, 2.24) is 10.6 Å². The number of hydrogen-bond acceptors (Lipinski definition) is 5. The van der Waals surface area contributed by atoms with Crippen LogP contribution in [0.4, 0.5) is 4.39 Å². The standard InChI is InChI=1S/C28H32ClFN2O4/c1-28(2,32-16-26(35)20-7-9-25(34)22(13-20)17-33)15-18-4-3-5-21(12-18)27(36)31-11-10-19-6-8-23(29)14-24(19)30/h3-9,12-14,26,32-35H,10-11,15-17H2,1-2H3,(H,31,36)/t26-/m0/s1. The highest BCUT2D eigenvalue weighted by molar-refractivity contribution is 6.30. The average molecular weight is 515 g/mol. The van der Waals surface area contributed by atoms with Crippen LogP contribution in [-0.2, 0) is 19.4 Å². The number of amides is 1. The van der Waals surface area contributed by atoms with Gasteiger partial charge in [0.1, 0.15) is 11.6 Å². The number of β-amino-alcohol motifs (C(OH)–C–C–N with tert-alkyl or cyclic N) is 1. The third-order valence-corrected chi connectivity index (χ3v) is 6.20. The molecule has 0 aliphatic carbocycles. The number of aromatic hydroxyl groups is 1. The van der Waals surface area contributed by atoms with E-state index in [1.165, 1.54) is 12.1 Å². The van der Waals surface area contributed by atoms with Gasteiger partial charge in [-0.1, -0.05) is 35.9 Å². The number of rotatable bonds is 11. The van der Waals surface area contributed by atoms with Crippen molar-refractivity contribution in [2.45, 2.75) is 44.9 Å². The molecule has 0 spiro atoms. The Bertz CT molecular complexity index is 1200. The molecule has 0 fully saturated rings. The highest BCUT2D eigenvalue weighted by Gasteiger charge is 2.21. The molecule has 192 valence electrons. The molecule has 36 heavy (non-hydrogen) atoms. The largest absolute Gasteiger partial charge is 0.508 e. The second-order valence-corrected chi connectivity index (χ2v) is 9.88. The molecule has 3 aromatic rings. The lowest BCUT2D eigenvalue weighted by Crippen LogP contribution is -2.43. The first kappa shape index (κ1) is 27.6. The van der Waals surface area contributed by atoms with Crippen LogP contribution in [0, 0.1) is 5.82 Å². The minimum absolute atomic E-state index is 0.0113. The SMILES string of the molecule is CC(C)(Cc1cccc(C(=O)NCCc2ccc(Cl)cc2F)c1)NC[C@H](O)c1ccc(O)c(CO)c1. The van der Waals surface area contributed by atoms with Crippen molar-refractivity contribution in [2.75, 3.05) is 13.1 Å². The molecule has 1 atom stereocenters. The fraction of sp³-hybridized carbons (Fsp3) is 0.321. The van der Waals surface area contributed by atoms with Gasteiger partial charge in [0.05, 0.1) is 12.7 Å². The molecular formula is C28H32ClFN2O4. The van der Waals surface area contributed by atoms with Crippen molar-refractivity contribution in [2.24, 2.45) is 0 Å². The van der Waals surface area contributed by atoms with Gasteiger partial charge >= 0.3 is 0 Å². The lowest BCUT2D eigenvalue weighted by atomic mass is 9.93. The Morgan fingerprint density at radius 3 is 2.58 bits per heavy atom. The van der Waals surface area contributed by atoms with Crippen LogP contribution in [0.3, 0.4) is 0 Å². The van der Waals surface area contributed by atoms with E-state index in [-0.39, 0.29) is 30.3 Å². The van der Waals surface area contributed by atoms with Crippen LogP contribution in [0.2, 0.25) is 5.02 Å². The third-order valence-electron chi connectivity index (χ3n) is 5.96. The molecule has 6 nitrogen and oxygen atoms in total. The monoisotopic (exact) mass is 514 g/mol. The fourth-order valence-electron chi connectivity index (χ4n) is 3.96. The molecule has 0 aliphatic heterocycles. The first-order valence-electron chi connectivity index (χ1n) is 11.7. The molecule has 3 aromatic carbocycles. The zero-order valence-corrected chi connectivity index (χ0v) is 21.1. The second kappa shape index (κ2) is 12.3. The summed E-state index contributed by atoms with van der Waals surface area (Å²) in [7, 11) is 0. The molecule has 0 saturated carbocycles. The number of carbonyl (C=O) groups is 1. The molecule has 0 saturated heterocycles. The number of hydrogen-bond donors (Lipinski definition) is 5. The van der Waals surface area contributed by atoms with Crippen LogP contribution in [0.5, 0.6) is 5.75 Å². The van der Waals surface area contributed by atoms with Crippen molar-refractivity contribution in [1.29, 1.82) is 0 Å². The Kier molecular flexibility index (Phi) is 9.45. The number of benzene rings is 3. The summed E-state index contributed by atoms with van der Waals surface area (Å²) in [5.74, 6) is -0.639. The predicted molar refractivity (Wildman–Crippen MR) is 139 cm³/mol. The molecule has 0 aromatic heterocycles. The molecule has 0 aliphatic rings. The van der Waals surface area contributed by atoms with Gasteiger partial charge in [-0.15, -0.1) is 0 Å². The van der Waals surface area contributed by atoms with E-state index >= 15 is 0 Å². The van der Waals surface area contributed by atoms with E-state index in [9.17, 15) is 24.5 Å². The second-order valence-electron chi connectivity index (χ2n) is 9.45. The number of aliphatic hydroxyl groups excluding tert-OH is 2. The van der Waals surface area contributed by atoms with E-state index in [0.717, 1.165) is 5.56 Å². The van der Waals surface area contributed by atoms with E-state index in [0.29, 0.717) is 46.7 Å². The highest BCUT2D eigenvalue weighted by atomic mass is 35.5. The number of aliphatic hydroxyl groups is 2. The Labute approximate surface area is 215 Å². The van der Waals surface area contributed by atoms with Gasteiger partial charge in [-0.2, -0.15) is 0 Å². The van der Waals surface area contributed by atoms with Crippen LogP contribution in [0.1, 0.15) is 52.6 Å². The quantitative estimate of drug-likeness (QED) is 0.263. The van der Waals surface area contributed by atoms with Crippen LogP contribution in [-0.4, -0.2) is 39.9 Å². The first-order chi connectivity index (χ1) is 17.1. The summed E-state index contributed by atoms with van der Waals surface area (Å²) in [6, 6.07) is 16.5. The lowest BCUT2D eigenvalue weighted by molar-refractivity contribution is 0.0954. The Morgan fingerprint density at radius 1 is 1.08 bits per heavy atom. The Morgan fingerprint density at radius 2 is 1.86 bits per heavy atom. The summed E-state index contributed by atoms with van der Waals surface area (Å²) in [4.78, 5) is 12.6. The average Bonchev–Trinajstić information content (AvgIpc) is 2.84. The van der Waals surface area contributed by atoms with Crippen molar-refractivity contribution in [3.8, 4) is 5.75 Å². The maximum atomic E-state index is 13.9. The predicted octanol–water partition coefficient (Wildman–Crippen LogP) is 4.29. The lowest BCUT2D eigenvalue weighted by Gasteiger charge is -2.28. The molecule has 0 radical (unpaired) electrons. The zero-order valence-electron chi connectivity index (χ0n) is 20.4. The van der Waals surface area contributed by atoms with Crippen LogP contribution < -0.4 is 10.6 Å². The summed E-state index contributed by atoms with van der Waals surface area (Å²) in [6.45, 7) is 4.26. The van der Waals surface area contributed by atoms with Gasteiger partial charge in [-0.25, -0.2) is 4.39 Å². The van der Waals surface area contributed by atoms with E-state index in [2.05, 4.69) is 10.6 Å². The summed E-state index contributed by atoms with van der Waals surface area (Å²) in [6.07, 6.45) is 0.140. The molecule has 5 N–H and O–H groups in total. The van der Waals surface area contributed by atoms with Crippen molar-refractivity contribution in [3.05, 3.63) is 99.3 Å². The first-order valence-corrected chi connectivity index (χ1v) is 12.1. The fourth-order valence-corrected chi connectivity index (χ4v) is 4.12. The van der Waals surface area contributed by atoms with Gasteiger partial charge in [-0.3, -0.25) is 4.79 Å². The zero-order chi connectivity index (χ0) is 26.3. The Balaban J connectivity index is 1.54. The Hall–Kier alpha value is -2.97. The minimum Gasteiger partial charge on any atom is -0.508 e. The molecular weight excluding hydrogens is 483 g/mol. The highest BCUT2D eigenvalue weighted by Crippen LogP contribution is 2.23. The van der Waals surface area contributed by atoms with Gasteiger partial charge in [0.25, 0.3) is 5.91 Å². The topological polar surface area (TPSA) is 102 Å². The van der Waals surface area contributed by atoms with Gasteiger partial charge in [0, 0.05) is 34.8 Å². The number of nitrogens with one attached hydrogen (secondary N) is 2. The minimum atomic E-state index is -0.822. The van der Waals surface area contributed by atoms with Crippen LogP contribution in [0.25, 0.3) is 0 Å². The molecule has 0 bridgehead atoms. The van der Waals surface area contributed by atoms with Crippen molar-refractivity contribution < 1.29 is 24.5 Å². The third kappa shape index (κ3) is 7.77. The summed E-state index contributed by atoms with van der Waals surface area (Å²) in [5.41, 5.74) is 2.52. The number of carbonyl (C=O) groups excluding carboxylic acids is 1. The molecule has 8 heteroatoms. The summed E-state index contributed by atoms with van der Waals surface area (Å²) >= 11 is 5.78.